The SMILES string of the molecule is CCOc1cccc(CC(CN)c2cc(F)ccc2OC)c1OCC. The third-order valence-electron chi connectivity index (χ3n) is 4.03. The van der Waals surface area contributed by atoms with Crippen LogP contribution in [0, 0.1) is 5.82 Å². The van der Waals surface area contributed by atoms with Crippen molar-refractivity contribution in [2.24, 2.45) is 5.73 Å². The predicted octanol–water partition coefficient (Wildman–Crippen LogP) is 3.92. The zero-order valence-electron chi connectivity index (χ0n) is 15.0. The lowest BCUT2D eigenvalue weighted by molar-refractivity contribution is 0.285. The van der Waals surface area contributed by atoms with Crippen molar-refractivity contribution in [3.8, 4) is 17.2 Å². The molecule has 2 aromatic rings. The fourth-order valence-corrected chi connectivity index (χ4v) is 2.91. The minimum Gasteiger partial charge on any atom is -0.496 e. The summed E-state index contributed by atoms with van der Waals surface area (Å²) in [5.74, 6) is 1.67. The average Bonchev–Trinajstić information content (AvgIpc) is 2.62. The minimum absolute atomic E-state index is 0.0956. The average molecular weight is 347 g/mol. The lowest BCUT2D eigenvalue weighted by Gasteiger charge is -2.21. The van der Waals surface area contributed by atoms with Gasteiger partial charge in [0, 0.05) is 11.5 Å². The Kier molecular flexibility index (Phi) is 7.07. The molecule has 0 bridgehead atoms. The highest BCUT2D eigenvalue weighted by Gasteiger charge is 2.20. The molecule has 0 heterocycles. The van der Waals surface area contributed by atoms with Crippen LogP contribution in [0.5, 0.6) is 17.2 Å². The van der Waals surface area contributed by atoms with Crippen LogP contribution >= 0.6 is 0 Å². The summed E-state index contributed by atoms with van der Waals surface area (Å²) in [5.41, 5.74) is 7.74. The van der Waals surface area contributed by atoms with Gasteiger partial charge in [-0.15, -0.1) is 0 Å². The van der Waals surface area contributed by atoms with E-state index in [4.69, 9.17) is 19.9 Å². The minimum atomic E-state index is -0.303. The van der Waals surface area contributed by atoms with Gasteiger partial charge in [0.05, 0.1) is 20.3 Å². The first kappa shape index (κ1) is 19.1. The van der Waals surface area contributed by atoms with Crippen LogP contribution in [0.3, 0.4) is 0 Å². The number of rotatable bonds is 9. The van der Waals surface area contributed by atoms with Crippen molar-refractivity contribution in [1.82, 2.24) is 0 Å². The van der Waals surface area contributed by atoms with Crippen molar-refractivity contribution >= 4 is 0 Å². The Balaban J connectivity index is 2.39. The Hall–Kier alpha value is -2.27. The molecule has 4 nitrogen and oxygen atoms in total. The molecule has 1 unspecified atom stereocenters. The van der Waals surface area contributed by atoms with E-state index in [2.05, 4.69) is 0 Å². The zero-order chi connectivity index (χ0) is 18.2. The first-order valence-electron chi connectivity index (χ1n) is 8.55. The lowest BCUT2D eigenvalue weighted by atomic mass is 9.90. The van der Waals surface area contributed by atoms with E-state index in [1.54, 1.807) is 13.2 Å². The van der Waals surface area contributed by atoms with E-state index >= 15 is 0 Å². The van der Waals surface area contributed by atoms with Crippen LogP contribution in [0.25, 0.3) is 0 Å². The lowest BCUT2D eigenvalue weighted by Crippen LogP contribution is -2.17. The van der Waals surface area contributed by atoms with Gasteiger partial charge < -0.3 is 19.9 Å². The van der Waals surface area contributed by atoms with Crippen LogP contribution in [-0.4, -0.2) is 26.9 Å². The number of hydrogen-bond acceptors (Lipinski definition) is 4. The van der Waals surface area contributed by atoms with Gasteiger partial charge >= 0.3 is 0 Å². The van der Waals surface area contributed by atoms with E-state index in [0.29, 0.717) is 37.7 Å². The van der Waals surface area contributed by atoms with Crippen molar-refractivity contribution in [1.29, 1.82) is 0 Å². The Labute approximate surface area is 148 Å². The summed E-state index contributed by atoms with van der Waals surface area (Å²) in [4.78, 5) is 0. The van der Waals surface area contributed by atoms with E-state index in [9.17, 15) is 4.39 Å². The maximum atomic E-state index is 13.7. The summed E-state index contributed by atoms with van der Waals surface area (Å²) in [5, 5.41) is 0. The Bertz CT molecular complexity index is 691. The Morgan fingerprint density at radius 1 is 1.04 bits per heavy atom. The second-order valence-corrected chi connectivity index (χ2v) is 5.63. The molecule has 0 spiro atoms. The molecule has 0 radical (unpaired) electrons. The number of nitrogens with two attached hydrogens (primary N) is 1. The molecule has 0 aliphatic rings. The van der Waals surface area contributed by atoms with E-state index in [1.807, 2.05) is 32.0 Å². The fourth-order valence-electron chi connectivity index (χ4n) is 2.91. The Morgan fingerprint density at radius 2 is 1.80 bits per heavy atom. The molecule has 1 atom stereocenters. The van der Waals surface area contributed by atoms with Crippen molar-refractivity contribution in [3.05, 3.63) is 53.3 Å². The molecule has 0 aromatic heterocycles. The molecule has 0 saturated carbocycles. The predicted molar refractivity (Wildman–Crippen MR) is 97.2 cm³/mol. The summed E-state index contributed by atoms with van der Waals surface area (Å²) in [6.45, 7) is 5.32. The molecule has 2 rings (SSSR count). The fraction of sp³-hybridized carbons (Fsp3) is 0.400. The van der Waals surface area contributed by atoms with Gasteiger partial charge in [-0.3, -0.25) is 0 Å². The second-order valence-electron chi connectivity index (χ2n) is 5.63. The molecule has 0 aliphatic carbocycles. The molecule has 0 aliphatic heterocycles. The summed E-state index contributed by atoms with van der Waals surface area (Å²) >= 11 is 0. The van der Waals surface area contributed by atoms with E-state index < -0.39 is 0 Å². The van der Waals surface area contributed by atoms with Crippen molar-refractivity contribution < 1.29 is 18.6 Å². The highest BCUT2D eigenvalue weighted by Crippen LogP contribution is 2.36. The molecule has 0 amide bonds. The summed E-state index contributed by atoms with van der Waals surface area (Å²) in [7, 11) is 1.58. The first-order valence-corrected chi connectivity index (χ1v) is 8.55. The molecule has 2 aromatic carbocycles. The van der Waals surface area contributed by atoms with Crippen LogP contribution in [0.4, 0.5) is 4.39 Å². The third kappa shape index (κ3) is 4.63. The van der Waals surface area contributed by atoms with E-state index in [0.717, 1.165) is 16.9 Å². The van der Waals surface area contributed by atoms with Crippen LogP contribution in [-0.2, 0) is 6.42 Å². The largest absolute Gasteiger partial charge is 0.496 e. The number of methoxy groups -OCH3 is 1. The van der Waals surface area contributed by atoms with Crippen LogP contribution in [0.2, 0.25) is 0 Å². The van der Waals surface area contributed by atoms with Crippen molar-refractivity contribution in [2.75, 3.05) is 26.9 Å². The number of para-hydroxylation sites is 1. The number of halogens is 1. The summed E-state index contributed by atoms with van der Waals surface area (Å²) in [6, 6.07) is 10.3. The smallest absolute Gasteiger partial charge is 0.164 e. The van der Waals surface area contributed by atoms with Gasteiger partial charge in [-0.05, 0) is 56.6 Å². The van der Waals surface area contributed by atoms with Crippen LogP contribution in [0.15, 0.2) is 36.4 Å². The van der Waals surface area contributed by atoms with E-state index in [-0.39, 0.29) is 11.7 Å². The van der Waals surface area contributed by atoms with Gasteiger partial charge in [-0.1, -0.05) is 12.1 Å². The molecule has 0 saturated heterocycles. The molecular formula is C20H26FNO3. The van der Waals surface area contributed by atoms with Gasteiger partial charge in [-0.2, -0.15) is 0 Å². The van der Waals surface area contributed by atoms with Gasteiger partial charge in [-0.25, -0.2) is 4.39 Å². The highest BCUT2D eigenvalue weighted by molar-refractivity contribution is 5.48. The van der Waals surface area contributed by atoms with Crippen LogP contribution in [0.1, 0.15) is 30.9 Å². The quantitative estimate of drug-likeness (QED) is 0.747. The maximum absolute atomic E-state index is 13.7. The summed E-state index contributed by atoms with van der Waals surface area (Å²) < 4.78 is 30.6. The maximum Gasteiger partial charge on any atom is 0.164 e. The molecule has 5 heteroatoms. The van der Waals surface area contributed by atoms with Gasteiger partial charge in [0.15, 0.2) is 11.5 Å². The molecule has 2 N–H and O–H groups in total. The molecule has 25 heavy (non-hydrogen) atoms. The molecule has 136 valence electrons. The Morgan fingerprint density at radius 3 is 2.44 bits per heavy atom. The van der Waals surface area contributed by atoms with E-state index in [1.165, 1.54) is 12.1 Å². The van der Waals surface area contributed by atoms with Gasteiger partial charge in [0.2, 0.25) is 0 Å². The topological polar surface area (TPSA) is 53.7 Å². The standard InChI is InChI=1S/C20H26FNO3/c1-4-24-19-8-6-7-14(20(19)25-5-2)11-15(13-22)17-12-16(21)9-10-18(17)23-3/h6-10,12,15H,4-5,11,13,22H2,1-3H3. The normalized spacial score (nSPS) is 11.9. The number of hydrogen-bond donors (Lipinski definition) is 1. The number of benzene rings is 2. The van der Waals surface area contributed by atoms with Gasteiger partial charge in [0.25, 0.3) is 0 Å². The molecule has 0 fully saturated rings. The van der Waals surface area contributed by atoms with Crippen LogP contribution < -0.4 is 19.9 Å². The van der Waals surface area contributed by atoms with Crippen molar-refractivity contribution in [3.63, 3.8) is 0 Å². The third-order valence-corrected chi connectivity index (χ3v) is 4.03. The summed E-state index contributed by atoms with van der Waals surface area (Å²) in [6.07, 6.45) is 0.604. The second kappa shape index (κ2) is 9.28. The first-order chi connectivity index (χ1) is 12.1. The monoisotopic (exact) mass is 347 g/mol. The highest BCUT2D eigenvalue weighted by atomic mass is 19.1. The zero-order valence-corrected chi connectivity index (χ0v) is 15.0. The van der Waals surface area contributed by atoms with Crippen molar-refractivity contribution in [2.45, 2.75) is 26.2 Å². The number of ether oxygens (including phenoxy) is 3. The molecular weight excluding hydrogens is 321 g/mol. The van der Waals surface area contributed by atoms with Gasteiger partial charge in [0.1, 0.15) is 11.6 Å².